The highest BCUT2D eigenvalue weighted by Crippen LogP contribution is 2.20. The molecular formula is C27H20N2O2. The number of hydrogen-bond acceptors (Lipinski definition) is 4. The van der Waals surface area contributed by atoms with Gasteiger partial charge < -0.3 is 0 Å². The van der Waals surface area contributed by atoms with Gasteiger partial charge in [-0.2, -0.15) is 0 Å². The van der Waals surface area contributed by atoms with E-state index in [0.717, 1.165) is 21.8 Å². The van der Waals surface area contributed by atoms with Gasteiger partial charge in [0.25, 0.3) is 0 Å². The maximum atomic E-state index is 11.8. The quantitative estimate of drug-likeness (QED) is 0.212. The normalized spacial score (nSPS) is 10.3. The van der Waals surface area contributed by atoms with Crippen molar-refractivity contribution in [1.29, 1.82) is 0 Å². The van der Waals surface area contributed by atoms with Gasteiger partial charge >= 0.3 is 0 Å². The van der Waals surface area contributed by atoms with Gasteiger partial charge in [-0.15, -0.1) is 0 Å². The Balaban J connectivity index is 0.000000151. The molecule has 0 saturated carbocycles. The lowest BCUT2D eigenvalue weighted by Crippen LogP contribution is -2.08. The number of pyridine rings is 2. The van der Waals surface area contributed by atoms with Crippen LogP contribution in [-0.4, -0.2) is 21.5 Å². The van der Waals surface area contributed by atoms with Crippen molar-refractivity contribution in [3.05, 3.63) is 121 Å². The molecule has 0 bridgehead atoms. The predicted octanol–water partition coefficient (Wildman–Crippen LogP) is 5.93. The molecule has 0 atom stereocenters. The molecule has 0 fully saturated rings. The van der Waals surface area contributed by atoms with Crippen molar-refractivity contribution in [1.82, 2.24) is 9.97 Å². The number of hydrogen-bond donors (Lipinski definition) is 0. The van der Waals surface area contributed by atoms with Crippen LogP contribution >= 0.6 is 0 Å². The van der Waals surface area contributed by atoms with Crippen LogP contribution in [0, 0.1) is 0 Å². The summed E-state index contributed by atoms with van der Waals surface area (Å²) in [6.45, 7) is 0. The van der Waals surface area contributed by atoms with E-state index in [9.17, 15) is 9.59 Å². The SMILES string of the molecule is O=C(CC(=O)c1ccccc1)c1ccccc1.c1cnc2c(c1)ccc1cccnc12. The molecule has 150 valence electrons. The van der Waals surface area contributed by atoms with Gasteiger partial charge in [0.05, 0.1) is 17.5 Å². The van der Waals surface area contributed by atoms with Crippen LogP contribution in [0.3, 0.4) is 0 Å². The topological polar surface area (TPSA) is 59.9 Å². The minimum absolute atomic E-state index is 0.0754. The Kier molecular flexibility index (Phi) is 6.19. The van der Waals surface area contributed by atoms with E-state index < -0.39 is 0 Å². The molecule has 0 N–H and O–H groups in total. The van der Waals surface area contributed by atoms with Crippen LogP contribution in [0.1, 0.15) is 27.1 Å². The van der Waals surface area contributed by atoms with E-state index in [4.69, 9.17) is 0 Å². The molecule has 5 aromatic rings. The standard InChI is InChI=1S/C15H12O2.C12H8N2/c16-14(12-7-3-1-4-8-12)11-15(17)13-9-5-2-6-10-13;1-3-9-5-6-10-4-2-8-14-12(10)11(9)13-7-1/h1-10H,11H2;1-8H. The maximum Gasteiger partial charge on any atom is 0.170 e. The Labute approximate surface area is 180 Å². The van der Waals surface area contributed by atoms with Crippen LogP contribution in [0.5, 0.6) is 0 Å². The second-order valence-corrected chi connectivity index (χ2v) is 6.97. The minimum Gasteiger partial charge on any atom is -0.294 e. The first kappa shape index (κ1) is 20.1. The summed E-state index contributed by atoms with van der Waals surface area (Å²) in [6.07, 6.45) is 3.53. The molecule has 4 nitrogen and oxygen atoms in total. The molecule has 5 rings (SSSR count). The lowest BCUT2D eigenvalue weighted by atomic mass is 10.0. The third kappa shape index (κ3) is 4.87. The van der Waals surface area contributed by atoms with Gasteiger partial charge in [0.1, 0.15) is 0 Å². The fourth-order valence-corrected chi connectivity index (χ4v) is 3.28. The van der Waals surface area contributed by atoms with Crippen LogP contribution < -0.4 is 0 Å². The summed E-state index contributed by atoms with van der Waals surface area (Å²) in [5.74, 6) is -0.279. The number of Topliss-reactive ketones (excluding diaryl/α,β-unsaturated/α-hetero) is 2. The highest BCUT2D eigenvalue weighted by molar-refractivity contribution is 6.13. The molecule has 3 aromatic carbocycles. The molecular weight excluding hydrogens is 384 g/mol. The van der Waals surface area contributed by atoms with E-state index >= 15 is 0 Å². The first-order valence-corrected chi connectivity index (χ1v) is 9.97. The Morgan fingerprint density at radius 2 is 0.935 bits per heavy atom. The van der Waals surface area contributed by atoms with Crippen molar-refractivity contribution >= 4 is 33.4 Å². The number of nitrogens with zero attached hydrogens (tertiary/aromatic N) is 2. The summed E-state index contributed by atoms with van der Waals surface area (Å²) >= 11 is 0. The van der Waals surface area contributed by atoms with Crippen molar-refractivity contribution in [2.75, 3.05) is 0 Å². The number of ketones is 2. The number of benzene rings is 3. The Hall–Kier alpha value is -4.18. The lowest BCUT2D eigenvalue weighted by Gasteiger charge is -2.00. The van der Waals surface area contributed by atoms with Crippen LogP contribution in [0.4, 0.5) is 0 Å². The molecule has 0 unspecified atom stereocenters. The van der Waals surface area contributed by atoms with E-state index in [2.05, 4.69) is 34.2 Å². The number of carbonyl (C=O) groups excluding carboxylic acids is 2. The van der Waals surface area contributed by atoms with Crippen LogP contribution in [0.25, 0.3) is 21.8 Å². The monoisotopic (exact) mass is 404 g/mol. The summed E-state index contributed by atoms with van der Waals surface area (Å²) in [7, 11) is 0. The molecule has 0 spiro atoms. The average molecular weight is 404 g/mol. The maximum absolute atomic E-state index is 11.8. The molecule has 4 heteroatoms. The Morgan fingerprint density at radius 1 is 0.516 bits per heavy atom. The van der Waals surface area contributed by atoms with E-state index in [-0.39, 0.29) is 18.0 Å². The zero-order valence-electron chi connectivity index (χ0n) is 16.8. The van der Waals surface area contributed by atoms with Crippen molar-refractivity contribution in [2.24, 2.45) is 0 Å². The molecule has 0 saturated heterocycles. The molecule has 2 heterocycles. The van der Waals surface area contributed by atoms with Crippen LogP contribution in [0.15, 0.2) is 109 Å². The highest BCUT2D eigenvalue weighted by Gasteiger charge is 2.12. The molecule has 0 aliphatic heterocycles. The summed E-state index contributed by atoms with van der Waals surface area (Å²) in [5.41, 5.74) is 3.12. The molecule has 0 aliphatic carbocycles. The van der Waals surface area contributed by atoms with Crippen LogP contribution in [-0.2, 0) is 0 Å². The number of fused-ring (bicyclic) bond motifs is 3. The minimum atomic E-state index is -0.139. The van der Waals surface area contributed by atoms with E-state index in [1.165, 1.54) is 0 Å². The van der Waals surface area contributed by atoms with Crippen molar-refractivity contribution in [2.45, 2.75) is 6.42 Å². The van der Waals surface area contributed by atoms with Gasteiger partial charge in [0, 0.05) is 34.3 Å². The molecule has 0 amide bonds. The van der Waals surface area contributed by atoms with Gasteiger partial charge in [-0.25, -0.2) is 0 Å². The van der Waals surface area contributed by atoms with Gasteiger partial charge in [-0.3, -0.25) is 19.6 Å². The summed E-state index contributed by atoms with van der Waals surface area (Å²) in [6, 6.07) is 29.9. The molecule has 0 aliphatic rings. The second-order valence-electron chi connectivity index (χ2n) is 6.97. The largest absolute Gasteiger partial charge is 0.294 e. The van der Waals surface area contributed by atoms with E-state index in [1.807, 2.05) is 24.3 Å². The number of rotatable bonds is 4. The highest BCUT2D eigenvalue weighted by atomic mass is 16.1. The van der Waals surface area contributed by atoms with Gasteiger partial charge in [-0.1, -0.05) is 84.9 Å². The van der Waals surface area contributed by atoms with E-state index in [0.29, 0.717) is 11.1 Å². The van der Waals surface area contributed by atoms with Gasteiger partial charge in [0.15, 0.2) is 11.6 Å². The third-order valence-corrected chi connectivity index (χ3v) is 4.86. The summed E-state index contributed by atoms with van der Waals surface area (Å²) in [4.78, 5) is 32.3. The second kappa shape index (κ2) is 9.55. The van der Waals surface area contributed by atoms with Crippen LogP contribution in [0.2, 0.25) is 0 Å². The number of aromatic nitrogens is 2. The predicted molar refractivity (Wildman–Crippen MR) is 123 cm³/mol. The summed E-state index contributed by atoms with van der Waals surface area (Å²) < 4.78 is 0. The number of carbonyl (C=O) groups is 2. The fourth-order valence-electron chi connectivity index (χ4n) is 3.28. The van der Waals surface area contributed by atoms with Crippen molar-refractivity contribution in [3.8, 4) is 0 Å². The zero-order chi connectivity index (χ0) is 21.5. The van der Waals surface area contributed by atoms with Gasteiger partial charge in [-0.05, 0) is 12.1 Å². The first-order chi connectivity index (χ1) is 15.2. The fraction of sp³-hybridized carbons (Fsp3) is 0.0370. The zero-order valence-corrected chi connectivity index (χ0v) is 16.8. The molecule has 31 heavy (non-hydrogen) atoms. The Morgan fingerprint density at radius 3 is 1.35 bits per heavy atom. The average Bonchev–Trinajstić information content (AvgIpc) is 2.85. The smallest absolute Gasteiger partial charge is 0.170 e. The van der Waals surface area contributed by atoms with Crippen molar-refractivity contribution < 1.29 is 9.59 Å². The van der Waals surface area contributed by atoms with E-state index in [1.54, 1.807) is 60.9 Å². The first-order valence-electron chi connectivity index (χ1n) is 9.97. The Bertz CT molecular complexity index is 1230. The van der Waals surface area contributed by atoms with Gasteiger partial charge in [0.2, 0.25) is 0 Å². The third-order valence-electron chi connectivity index (χ3n) is 4.86. The molecule has 0 radical (unpaired) electrons. The van der Waals surface area contributed by atoms with Crippen molar-refractivity contribution in [3.63, 3.8) is 0 Å². The summed E-state index contributed by atoms with van der Waals surface area (Å²) in [5, 5.41) is 2.28. The molecule has 2 aromatic heterocycles. The lowest BCUT2D eigenvalue weighted by molar-refractivity contribution is 0.0894.